The molecule has 100 valence electrons. The number of hydrazine groups is 1. The molecular formula is C15H16BrFN2. The van der Waals surface area contributed by atoms with Gasteiger partial charge in [0.25, 0.3) is 0 Å². The van der Waals surface area contributed by atoms with Gasteiger partial charge in [0, 0.05) is 10.0 Å². The van der Waals surface area contributed by atoms with E-state index in [0.29, 0.717) is 12.0 Å². The lowest BCUT2D eigenvalue weighted by Gasteiger charge is -2.18. The van der Waals surface area contributed by atoms with Gasteiger partial charge in [-0.15, -0.1) is 0 Å². The number of aryl methyl sites for hydroxylation is 1. The van der Waals surface area contributed by atoms with Crippen LogP contribution in [0.15, 0.2) is 46.9 Å². The van der Waals surface area contributed by atoms with Crippen molar-refractivity contribution in [3.05, 3.63) is 69.4 Å². The van der Waals surface area contributed by atoms with E-state index in [0.717, 1.165) is 10.0 Å². The molecule has 0 saturated carbocycles. The lowest BCUT2D eigenvalue weighted by molar-refractivity contribution is 0.509. The Morgan fingerprint density at radius 2 is 2.00 bits per heavy atom. The Balaban J connectivity index is 2.28. The van der Waals surface area contributed by atoms with E-state index < -0.39 is 0 Å². The fourth-order valence-electron chi connectivity index (χ4n) is 2.10. The van der Waals surface area contributed by atoms with Crippen molar-refractivity contribution in [2.24, 2.45) is 5.84 Å². The Kier molecular flexibility index (Phi) is 4.69. The van der Waals surface area contributed by atoms with E-state index in [1.54, 1.807) is 6.07 Å². The lowest BCUT2D eigenvalue weighted by atomic mass is 9.96. The van der Waals surface area contributed by atoms with E-state index in [-0.39, 0.29) is 11.9 Å². The summed E-state index contributed by atoms with van der Waals surface area (Å²) in [6.07, 6.45) is 0.654. The van der Waals surface area contributed by atoms with Crippen LogP contribution in [0.2, 0.25) is 0 Å². The molecule has 19 heavy (non-hydrogen) atoms. The summed E-state index contributed by atoms with van der Waals surface area (Å²) in [6.45, 7) is 2.04. The van der Waals surface area contributed by atoms with Crippen LogP contribution < -0.4 is 11.3 Å². The van der Waals surface area contributed by atoms with Crippen LogP contribution >= 0.6 is 15.9 Å². The van der Waals surface area contributed by atoms with Crippen molar-refractivity contribution in [1.82, 2.24) is 5.43 Å². The summed E-state index contributed by atoms with van der Waals surface area (Å²) in [5.74, 6) is 5.32. The molecule has 1 atom stereocenters. The molecule has 0 amide bonds. The van der Waals surface area contributed by atoms with Crippen LogP contribution in [0.1, 0.15) is 22.7 Å². The topological polar surface area (TPSA) is 38.0 Å². The van der Waals surface area contributed by atoms with Crippen LogP contribution in [0.5, 0.6) is 0 Å². The number of nitrogens with one attached hydrogen (secondary N) is 1. The first-order valence-corrected chi connectivity index (χ1v) is 6.86. The first-order chi connectivity index (χ1) is 9.11. The van der Waals surface area contributed by atoms with E-state index in [1.165, 1.54) is 11.6 Å². The smallest absolute Gasteiger partial charge is 0.129 e. The van der Waals surface area contributed by atoms with Crippen LogP contribution in [-0.2, 0) is 6.42 Å². The molecule has 0 aliphatic heterocycles. The highest BCUT2D eigenvalue weighted by molar-refractivity contribution is 9.10. The second-order valence-corrected chi connectivity index (χ2v) is 5.43. The van der Waals surface area contributed by atoms with Gasteiger partial charge in [-0.2, -0.15) is 0 Å². The molecule has 2 aromatic carbocycles. The Labute approximate surface area is 120 Å². The minimum Gasteiger partial charge on any atom is -0.271 e. The molecule has 2 aromatic rings. The first kappa shape index (κ1) is 14.2. The Morgan fingerprint density at radius 1 is 1.26 bits per heavy atom. The Hall–Kier alpha value is -1.23. The molecule has 0 aromatic heterocycles. The highest BCUT2D eigenvalue weighted by Gasteiger charge is 2.16. The van der Waals surface area contributed by atoms with E-state index >= 15 is 0 Å². The summed E-state index contributed by atoms with van der Waals surface area (Å²) in [5.41, 5.74) is 5.62. The molecule has 0 aliphatic rings. The van der Waals surface area contributed by atoms with Gasteiger partial charge in [-0.1, -0.05) is 46.3 Å². The fourth-order valence-corrected chi connectivity index (χ4v) is 2.43. The monoisotopic (exact) mass is 322 g/mol. The highest BCUT2D eigenvalue weighted by Crippen LogP contribution is 2.24. The molecular weight excluding hydrogens is 307 g/mol. The average Bonchev–Trinajstić information content (AvgIpc) is 2.39. The van der Waals surface area contributed by atoms with Crippen LogP contribution in [-0.4, -0.2) is 0 Å². The van der Waals surface area contributed by atoms with Crippen molar-refractivity contribution in [1.29, 1.82) is 0 Å². The molecule has 0 bridgehead atoms. The normalized spacial score (nSPS) is 12.4. The first-order valence-electron chi connectivity index (χ1n) is 6.07. The van der Waals surface area contributed by atoms with E-state index in [9.17, 15) is 4.39 Å². The van der Waals surface area contributed by atoms with Crippen LogP contribution in [0.3, 0.4) is 0 Å². The number of benzene rings is 2. The van der Waals surface area contributed by atoms with Crippen molar-refractivity contribution in [3.8, 4) is 0 Å². The molecule has 3 N–H and O–H groups in total. The van der Waals surface area contributed by atoms with Gasteiger partial charge >= 0.3 is 0 Å². The summed E-state index contributed by atoms with van der Waals surface area (Å²) in [4.78, 5) is 0. The van der Waals surface area contributed by atoms with E-state index in [2.05, 4.69) is 21.4 Å². The third kappa shape index (κ3) is 3.41. The van der Waals surface area contributed by atoms with Crippen molar-refractivity contribution >= 4 is 15.9 Å². The maximum atomic E-state index is 14.0. The molecule has 0 radical (unpaired) electrons. The van der Waals surface area contributed by atoms with Crippen molar-refractivity contribution in [3.63, 3.8) is 0 Å². The van der Waals surface area contributed by atoms with Crippen molar-refractivity contribution in [2.45, 2.75) is 19.4 Å². The minimum absolute atomic E-state index is 0.241. The van der Waals surface area contributed by atoms with Gasteiger partial charge in [-0.25, -0.2) is 4.39 Å². The largest absolute Gasteiger partial charge is 0.271 e. The lowest BCUT2D eigenvalue weighted by Crippen LogP contribution is -2.30. The molecule has 0 saturated heterocycles. The van der Waals surface area contributed by atoms with E-state index in [4.69, 9.17) is 5.84 Å². The molecule has 0 spiro atoms. The average molecular weight is 323 g/mol. The van der Waals surface area contributed by atoms with E-state index in [1.807, 2.05) is 37.3 Å². The SMILES string of the molecule is Cc1ccccc1CC(NN)c1ccc(Br)cc1F. The number of hydrogen-bond acceptors (Lipinski definition) is 2. The van der Waals surface area contributed by atoms with Crippen molar-refractivity contribution < 1.29 is 4.39 Å². The predicted molar refractivity (Wildman–Crippen MR) is 79.0 cm³/mol. The van der Waals surface area contributed by atoms with Crippen LogP contribution in [0.25, 0.3) is 0 Å². The van der Waals surface area contributed by atoms with Crippen LogP contribution in [0.4, 0.5) is 4.39 Å². The zero-order valence-electron chi connectivity index (χ0n) is 10.7. The zero-order chi connectivity index (χ0) is 13.8. The molecule has 2 nitrogen and oxygen atoms in total. The van der Waals surface area contributed by atoms with Gasteiger partial charge in [0.15, 0.2) is 0 Å². The number of nitrogens with two attached hydrogens (primary N) is 1. The molecule has 1 unspecified atom stereocenters. The molecule has 0 heterocycles. The molecule has 4 heteroatoms. The maximum absolute atomic E-state index is 14.0. The number of hydrogen-bond donors (Lipinski definition) is 2. The van der Waals surface area contributed by atoms with Crippen molar-refractivity contribution in [2.75, 3.05) is 0 Å². The molecule has 2 rings (SSSR count). The third-order valence-corrected chi connectivity index (χ3v) is 3.72. The van der Waals surface area contributed by atoms with Crippen LogP contribution in [0, 0.1) is 12.7 Å². The second-order valence-electron chi connectivity index (χ2n) is 4.52. The number of rotatable bonds is 4. The second kappa shape index (κ2) is 6.28. The molecule has 0 aliphatic carbocycles. The maximum Gasteiger partial charge on any atom is 0.129 e. The number of halogens is 2. The summed E-state index contributed by atoms with van der Waals surface area (Å²) in [7, 11) is 0. The standard InChI is InChI=1S/C15H16BrFN2/c1-10-4-2-3-5-11(10)8-15(19-18)13-7-6-12(16)9-14(13)17/h2-7,9,15,19H,8,18H2,1H3. The summed E-state index contributed by atoms with van der Waals surface area (Å²) in [5, 5.41) is 0. The quantitative estimate of drug-likeness (QED) is 0.666. The molecule has 0 fully saturated rings. The summed E-state index contributed by atoms with van der Waals surface area (Å²) >= 11 is 3.25. The Morgan fingerprint density at radius 3 is 2.63 bits per heavy atom. The minimum atomic E-state index is -0.258. The summed E-state index contributed by atoms with van der Waals surface area (Å²) < 4.78 is 14.7. The predicted octanol–water partition coefficient (Wildman–Crippen LogP) is 3.64. The fraction of sp³-hybridized carbons (Fsp3) is 0.200. The van der Waals surface area contributed by atoms with Gasteiger partial charge in [-0.05, 0) is 36.6 Å². The summed E-state index contributed by atoms with van der Waals surface area (Å²) in [6, 6.07) is 12.8. The Bertz CT molecular complexity index is 572. The zero-order valence-corrected chi connectivity index (χ0v) is 12.2. The van der Waals surface area contributed by atoms with Gasteiger partial charge in [0.1, 0.15) is 5.82 Å². The van der Waals surface area contributed by atoms with Gasteiger partial charge in [0.2, 0.25) is 0 Å². The van der Waals surface area contributed by atoms with Gasteiger partial charge in [-0.3, -0.25) is 11.3 Å². The van der Waals surface area contributed by atoms with Gasteiger partial charge in [0.05, 0.1) is 6.04 Å². The van der Waals surface area contributed by atoms with Gasteiger partial charge < -0.3 is 0 Å². The third-order valence-electron chi connectivity index (χ3n) is 3.22. The highest BCUT2D eigenvalue weighted by atomic mass is 79.9.